The topological polar surface area (TPSA) is 47.4 Å². The van der Waals surface area contributed by atoms with Gasteiger partial charge in [0.25, 0.3) is 0 Å². The van der Waals surface area contributed by atoms with Gasteiger partial charge >= 0.3 is 0 Å². The second kappa shape index (κ2) is 6.07. The van der Waals surface area contributed by atoms with Crippen LogP contribution < -0.4 is 0 Å². The number of morpholine rings is 1. The second-order valence-electron chi connectivity index (χ2n) is 5.82. The Hall–Kier alpha value is -0.910. The molecule has 1 aromatic heterocycles. The van der Waals surface area contributed by atoms with Crippen LogP contribution in [0.2, 0.25) is 5.02 Å². The molecule has 1 aliphatic carbocycles. The van der Waals surface area contributed by atoms with Crippen LogP contribution in [0.15, 0.2) is 6.20 Å². The summed E-state index contributed by atoms with van der Waals surface area (Å²) in [6, 6.07) is 0. The number of rotatable bonds is 4. The number of Topliss-reactive ketones (excluding diaryl/α,β-unsaturated/α-hetero) is 1. The number of ketones is 1. The average Bonchev–Trinajstić information content (AvgIpc) is 3.15. The van der Waals surface area contributed by atoms with Gasteiger partial charge in [0.15, 0.2) is 0 Å². The zero-order valence-corrected chi connectivity index (χ0v) is 13.2. The van der Waals surface area contributed by atoms with E-state index < -0.39 is 5.54 Å². The van der Waals surface area contributed by atoms with E-state index in [0.717, 1.165) is 38.8 Å². The summed E-state index contributed by atoms with van der Waals surface area (Å²) in [5, 5.41) is 4.70. The van der Waals surface area contributed by atoms with Crippen molar-refractivity contribution in [2.45, 2.75) is 44.7 Å². The number of carbonyl (C=O) groups excluding carboxylic acids is 1. The van der Waals surface area contributed by atoms with Crippen LogP contribution in [0.1, 0.15) is 43.1 Å². The van der Waals surface area contributed by atoms with E-state index in [1.165, 1.54) is 0 Å². The van der Waals surface area contributed by atoms with Gasteiger partial charge in [0.1, 0.15) is 5.69 Å². The summed E-state index contributed by atoms with van der Waals surface area (Å²) in [6.45, 7) is 5.70. The number of halogens is 1. The van der Waals surface area contributed by atoms with E-state index in [1.54, 1.807) is 10.9 Å². The van der Waals surface area contributed by atoms with E-state index >= 15 is 0 Å². The van der Waals surface area contributed by atoms with Crippen LogP contribution in [-0.4, -0.2) is 52.3 Å². The molecule has 2 fully saturated rings. The van der Waals surface area contributed by atoms with E-state index in [0.29, 0.717) is 30.5 Å². The van der Waals surface area contributed by atoms with Crippen molar-refractivity contribution in [3.05, 3.63) is 16.9 Å². The van der Waals surface area contributed by atoms with Crippen LogP contribution in [0.5, 0.6) is 0 Å². The fourth-order valence-corrected chi connectivity index (χ4v) is 3.91. The van der Waals surface area contributed by atoms with Crippen molar-refractivity contribution < 1.29 is 9.53 Å². The van der Waals surface area contributed by atoms with Crippen molar-refractivity contribution in [2.24, 2.45) is 0 Å². The van der Waals surface area contributed by atoms with Gasteiger partial charge in [-0.2, -0.15) is 5.10 Å². The Labute approximate surface area is 130 Å². The molecular weight excluding hydrogens is 290 g/mol. The van der Waals surface area contributed by atoms with Gasteiger partial charge < -0.3 is 4.74 Å². The Morgan fingerprint density at radius 3 is 2.67 bits per heavy atom. The third-order valence-corrected chi connectivity index (χ3v) is 5.06. The third-order valence-electron chi connectivity index (χ3n) is 4.78. The van der Waals surface area contributed by atoms with Crippen molar-refractivity contribution in [1.29, 1.82) is 0 Å². The highest BCUT2D eigenvalue weighted by atomic mass is 35.5. The Kier molecular flexibility index (Phi) is 4.33. The lowest BCUT2D eigenvalue weighted by molar-refractivity contribution is -0.0134. The van der Waals surface area contributed by atoms with Gasteiger partial charge in [0.2, 0.25) is 5.78 Å². The van der Waals surface area contributed by atoms with E-state index in [9.17, 15) is 4.79 Å². The molecule has 2 aliphatic rings. The maximum Gasteiger partial charge on any atom is 0.202 e. The molecule has 2 heterocycles. The molecule has 6 heteroatoms. The Morgan fingerprint density at radius 2 is 2.05 bits per heavy atom. The third kappa shape index (κ3) is 2.51. The summed E-state index contributed by atoms with van der Waals surface area (Å²) in [5.74, 6) is 0.145. The highest BCUT2D eigenvalue weighted by Gasteiger charge is 2.48. The lowest BCUT2D eigenvalue weighted by atomic mass is 9.87. The molecule has 0 bridgehead atoms. The number of nitrogens with zero attached hydrogens (tertiary/aromatic N) is 3. The van der Waals surface area contributed by atoms with Crippen molar-refractivity contribution >= 4 is 17.4 Å². The van der Waals surface area contributed by atoms with Crippen LogP contribution in [0, 0.1) is 0 Å². The molecule has 0 atom stereocenters. The minimum absolute atomic E-state index is 0.145. The Bertz CT molecular complexity index is 517. The van der Waals surface area contributed by atoms with E-state index in [-0.39, 0.29) is 5.78 Å². The first kappa shape index (κ1) is 15.0. The number of ether oxygens (including phenoxy) is 1. The largest absolute Gasteiger partial charge is 0.379 e. The highest BCUT2D eigenvalue weighted by molar-refractivity contribution is 6.34. The number of hydrogen-bond acceptors (Lipinski definition) is 4. The molecule has 5 nitrogen and oxygen atoms in total. The monoisotopic (exact) mass is 311 g/mol. The lowest BCUT2D eigenvalue weighted by Crippen LogP contribution is -2.57. The van der Waals surface area contributed by atoms with E-state index in [2.05, 4.69) is 10.00 Å². The quantitative estimate of drug-likeness (QED) is 0.801. The Morgan fingerprint density at radius 1 is 1.38 bits per heavy atom. The van der Waals surface area contributed by atoms with Gasteiger partial charge in [0.05, 0.1) is 30.0 Å². The average molecular weight is 312 g/mol. The molecule has 1 saturated heterocycles. The van der Waals surface area contributed by atoms with Gasteiger partial charge in [-0.05, 0) is 19.8 Å². The van der Waals surface area contributed by atoms with Crippen LogP contribution in [0.4, 0.5) is 0 Å². The van der Waals surface area contributed by atoms with Crippen LogP contribution >= 0.6 is 11.6 Å². The predicted octanol–water partition coefficient (Wildman–Crippen LogP) is 2.38. The lowest BCUT2D eigenvalue weighted by Gasteiger charge is -2.42. The molecule has 0 amide bonds. The summed E-state index contributed by atoms with van der Waals surface area (Å²) in [4.78, 5) is 15.6. The van der Waals surface area contributed by atoms with Crippen molar-refractivity contribution in [3.8, 4) is 0 Å². The predicted molar refractivity (Wildman–Crippen MR) is 80.8 cm³/mol. The maximum atomic E-state index is 13.3. The minimum Gasteiger partial charge on any atom is -0.379 e. The molecular formula is C15H22ClN3O2. The minimum atomic E-state index is -0.402. The van der Waals surface area contributed by atoms with Gasteiger partial charge in [-0.1, -0.05) is 24.4 Å². The molecule has 0 unspecified atom stereocenters. The van der Waals surface area contributed by atoms with Crippen molar-refractivity contribution in [1.82, 2.24) is 14.7 Å². The summed E-state index contributed by atoms with van der Waals surface area (Å²) in [6.07, 6.45) is 5.61. The fraction of sp³-hybridized carbons (Fsp3) is 0.733. The number of aromatic nitrogens is 2. The normalized spacial score (nSPS) is 22.6. The van der Waals surface area contributed by atoms with Gasteiger partial charge in [-0.15, -0.1) is 0 Å². The first-order valence-electron chi connectivity index (χ1n) is 7.78. The van der Waals surface area contributed by atoms with Crippen LogP contribution in [0.25, 0.3) is 0 Å². The Balaban J connectivity index is 1.96. The van der Waals surface area contributed by atoms with E-state index in [1.807, 2.05) is 6.92 Å². The maximum absolute atomic E-state index is 13.3. The zero-order chi connectivity index (χ0) is 14.9. The molecule has 1 aromatic rings. The van der Waals surface area contributed by atoms with Crippen molar-refractivity contribution in [3.63, 3.8) is 0 Å². The van der Waals surface area contributed by atoms with Gasteiger partial charge in [-0.25, -0.2) is 0 Å². The van der Waals surface area contributed by atoms with Crippen molar-refractivity contribution in [2.75, 3.05) is 26.3 Å². The highest BCUT2D eigenvalue weighted by Crippen LogP contribution is 2.39. The van der Waals surface area contributed by atoms with E-state index in [4.69, 9.17) is 16.3 Å². The first-order valence-corrected chi connectivity index (χ1v) is 8.16. The molecule has 0 N–H and O–H groups in total. The molecule has 1 aliphatic heterocycles. The van der Waals surface area contributed by atoms with Gasteiger partial charge in [0, 0.05) is 19.6 Å². The second-order valence-corrected chi connectivity index (χ2v) is 6.23. The fourth-order valence-electron chi connectivity index (χ4n) is 3.69. The number of aryl methyl sites for hydroxylation is 1. The van der Waals surface area contributed by atoms with Gasteiger partial charge in [-0.3, -0.25) is 14.4 Å². The number of carbonyl (C=O) groups is 1. The standard InChI is InChI=1S/C15H22ClN3O2/c1-2-19-13(12(16)11-17-19)14(20)15(5-3-4-6-15)18-7-9-21-10-8-18/h11H,2-10H2,1H3. The molecule has 116 valence electrons. The molecule has 1 saturated carbocycles. The molecule has 3 rings (SSSR count). The summed E-state index contributed by atoms with van der Waals surface area (Å²) >= 11 is 6.25. The van der Waals surface area contributed by atoms with Crippen LogP contribution in [0.3, 0.4) is 0 Å². The smallest absolute Gasteiger partial charge is 0.202 e. The summed E-state index contributed by atoms with van der Waals surface area (Å²) in [7, 11) is 0. The van der Waals surface area contributed by atoms with Crippen LogP contribution in [-0.2, 0) is 11.3 Å². The molecule has 0 spiro atoms. The molecule has 0 aromatic carbocycles. The SMILES string of the molecule is CCn1ncc(Cl)c1C(=O)C1(N2CCOCC2)CCCC1. The number of hydrogen-bond donors (Lipinski definition) is 0. The zero-order valence-electron chi connectivity index (χ0n) is 12.5. The first-order chi connectivity index (χ1) is 10.2. The molecule has 0 radical (unpaired) electrons. The molecule has 21 heavy (non-hydrogen) atoms. The summed E-state index contributed by atoms with van der Waals surface area (Å²) < 4.78 is 7.17. The summed E-state index contributed by atoms with van der Waals surface area (Å²) in [5.41, 5.74) is 0.174.